The summed E-state index contributed by atoms with van der Waals surface area (Å²) >= 11 is 0. The summed E-state index contributed by atoms with van der Waals surface area (Å²) in [6.45, 7) is 2.12. The molecule has 1 aromatic heterocycles. The third-order valence-corrected chi connectivity index (χ3v) is 7.10. The van der Waals surface area contributed by atoms with E-state index in [-0.39, 0.29) is 35.0 Å². The SMILES string of the molecule is Cc1cccc(NC(=O)C2CCCN(S(=O)(=O)c3ccc4c(c3)C(=O)NC4=O)C2)n1. The summed E-state index contributed by atoms with van der Waals surface area (Å²) < 4.78 is 27.5. The van der Waals surface area contributed by atoms with Crippen LogP contribution in [0.2, 0.25) is 0 Å². The minimum atomic E-state index is -3.92. The maximum atomic E-state index is 13.1. The van der Waals surface area contributed by atoms with Gasteiger partial charge in [-0.05, 0) is 50.1 Å². The number of rotatable bonds is 4. The van der Waals surface area contributed by atoms with Crippen molar-refractivity contribution in [3.05, 3.63) is 53.2 Å². The van der Waals surface area contributed by atoms with Crippen molar-refractivity contribution in [2.45, 2.75) is 24.7 Å². The number of aryl methyl sites for hydroxylation is 1. The third kappa shape index (κ3) is 3.71. The average Bonchev–Trinajstić information content (AvgIpc) is 3.01. The topological polar surface area (TPSA) is 126 Å². The van der Waals surface area contributed by atoms with Crippen LogP contribution in [0.4, 0.5) is 5.82 Å². The second-order valence-electron chi connectivity index (χ2n) is 7.35. The van der Waals surface area contributed by atoms with E-state index in [0.29, 0.717) is 18.7 Å². The summed E-state index contributed by atoms with van der Waals surface area (Å²) in [5.41, 5.74) is 0.957. The Morgan fingerprint density at radius 2 is 1.93 bits per heavy atom. The van der Waals surface area contributed by atoms with Gasteiger partial charge >= 0.3 is 0 Å². The average molecular weight is 428 g/mol. The van der Waals surface area contributed by atoms with Gasteiger partial charge in [-0.3, -0.25) is 19.7 Å². The number of aromatic nitrogens is 1. The lowest BCUT2D eigenvalue weighted by Gasteiger charge is -2.31. The monoisotopic (exact) mass is 428 g/mol. The highest BCUT2D eigenvalue weighted by Gasteiger charge is 2.35. The zero-order valence-electron chi connectivity index (χ0n) is 16.2. The second kappa shape index (κ2) is 7.62. The van der Waals surface area contributed by atoms with Gasteiger partial charge in [0.15, 0.2) is 0 Å². The molecule has 0 aliphatic carbocycles. The lowest BCUT2D eigenvalue weighted by molar-refractivity contribution is -0.120. The van der Waals surface area contributed by atoms with Gasteiger partial charge in [-0.2, -0.15) is 4.31 Å². The van der Waals surface area contributed by atoms with Crippen LogP contribution in [0.3, 0.4) is 0 Å². The quantitative estimate of drug-likeness (QED) is 0.708. The molecule has 3 heterocycles. The smallest absolute Gasteiger partial charge is 0.258 e. The largest absolute Gasteiger partial charge is 0.310 e. The highest BCUT2D eigenvalue weighted by molar-refractivity contribution is 7.89. The first-order valence-corrected chi connectivity index (χ1v) is 10.9. The molecule has 0 radical (unpaired) electrons. The fourth-order valence-corrected chi connectivity index (χ4v) is 5.22. The molecule has 2 aliphatic heterocycles. The number of imide groups is 1. The molecule has 2 N–H and O–H groups in total. The summed E-state index contributed by atoms with van der Waals surface area (Å²) in [6.07, 6.45) is 1.09. The Morgan fingerprint density at radius 1 is 1.17 bits per heavy atom. The normalized spacial score (nSPS) is 19.3. The first-order chi connectivity index (χ1) is 14.3. The van der Waals surface area contributed by atoms with Crippen LogP contribution in [-0.2, 0) is 14.8 Å². The van der Waals surface area contributed by atoms with Gasteiger partial charge in [-0.1, -0.05) is 6.07 Å². The van der Waals surface area contributed by atoms with Crippen LogP contribution in [0.1, 0.15) is 39.3 Å². The van der Waals surface area contributed by atoms with Crippen LogP contribution in [0.5, 0.6) is 0 Å². The number of piperidine rings is 1. The van der Waals surface area contributed by atoms with Crippen molar-refractivity contribution < 1.29 is 22.8 Å². The molecular formula is C20H20N4O5S. The highest BCUT2D eigenvalue weighted by atomic mass is 32.2. The number of carbonyl (C=O) groups is 3. The van der Waals surface area contributed by atoms with Gasteiger partial charge in [0.25, 0.3) is 11.8 Å². The Balaban J connectivity index is 1.52. The fourth-order valence-electron chi connectivity index (χ4n) is 3.67. The van der Waals surface area contributed by atoms with Gasteiger partial charge in [-0.25, -0.2) is 13.4 Å². The summed E-state index contributed by atoms with van der Waals surface area (Å²) in [5, 5.41) is 4.89. The number of sulfonamides is 1. The van der Waals surface area contributed by atoms with E-state index >= 15 is 0 Å². The van der Waals surface area contributed by atoms with E-state index < -0.39 is 27.8 Å². The summed E-state index contributed by atoms with van der Waals surface area (Å²) in [6, 6.07) is 9.14. The molecule has 156 valence electrons. The number of amides is 3. The Morgan fingerprint density at radius 3 is 2.70 bits per heavy atom. The summed E-state index contributed by atoms with van der Waals surface area (Å²) in [4.78, 5) is 40.4. The van der Waals surface area contributed by atoms with Crippen molar-refractivity contribution >= 4 is 33.6 Å². The van der Waals surface area contributed by atoms with Crippen molar-refractivity contribution in [1.82, 2.24) is 14.6 Å². The van der Waals surface area contributed by atoms with Crippen molar-refractivity contribution in [3.63, 3.8) is 0 Å². The molecule has 10 heteroatoms. The van der Waals surface area contributed by atoms with Crippen LogP contribution in [0.15, 0.2) is 41.3 Å². The van der Waals surface area contributed by atoms with Crippen molar-refractivity contribution in [1.29, 1.82) is 0 Å². The van der Waals surface area contributed by atoms with E-state index in [1.807, 2.05) is 13.0 Å². The lowest BCUT2D eigenvalue weighted by atomic mass is 9.99. The zero-order chi connectivity index (χ0) is 21.5. The van der Waals surface area contributed by atoms with Gasteiger partial charge in [0, 0.05) is 18.8 Å². The molecule has 1 unspecified atom stereocenters. The van der Waals surface area contributed by atoms with Crippen molar-refractivity contribution in [2.75, 3.05) is 18.4 Å². The first kappa shape index (κ1) is 20.2. The maximum absolute atomic E-state index is 13.1. The number of hydrogen-bond acceptors (Lipinski definition) is 6. The molecule has 2 aromatic rings. The van der Waals surface area contributed by atoms with E-state index in [1.54, 1.807) is 12.1 Å². The molecule has 1 atom stereocenters. The number of benzene rings is 1. The molecule has 9 nitrogen and oxygen atoms in total. The van der Waals surface area contributed by atoms with Crippen LogP contribution in [0, 0.1) is 12.8 Å². The Kier molecular flexibility index (Phi) is 5.12. The zero-order valence-corrected chi connectivity index (χ0v) is 17.0. The Bertz CT molecular complexity index is 1160. The van der Waals surface area contributed by atoms with Crippen LogP contribution in [-0.4, -0.2) is 48.5 Å². The minimum Gasteiger partial charge on any atom is -0.310 e. The highest BCUT2D eigenvalue weighted by Crippen LogP contribution is 2.27. The van der Waals surface area contributed by atoms with Crippen LogP contribution >= 0.6 is 0 Å². The number of carbonyl (C=O) groups excluding carboxylic acids is 3. The number of anilines is 1. The number of nitrogens with zero attached hydrogens (tertiary/aromatic N) is 2. The van der Waals surface area contributed by atoms with E-state index in [9.17, 15) is 22.8 Å². The van der Waals surface area contributed by atoms with Crippen molar-refractivity contribution in [2.24, 2.45) is 5.92 Å². The van der Waals surface area contributed by atoms with Gasteiger partial charge in [0.1, 0.15) is 5.82 Å². The molecular weight excluding hydrogens is 408 g/mol. The van der Waals surface area contributed by atoms with E-state index in [1.165, 1.54) is 22.5 Å². The summed E-state index contributed by atoms with van der Waals surface area (Å²) in [5.74, 6) is -1.54. The summed E-state index contributed by atoms with van der Waals surface area (Å²) in [7, 11) is -3.92. The van der Waals surface area contributed by atoms with Gasteiger partial charge in [0.2, 0.25) is 15.9 Å². The van der Waals surface area contributed by atoms with Crippen LogP contribution in [0.25, 0.3) is 0 Å². The van der Waals surface area contributed by atoms with Gasteiger partial charge in [0.05, 0.1) is 21.9 Å². The Hall–Kier alpha value is -3.11. The number of hydrogen-bond donors (Lipinski definition) is 2. The van der Waals surface area contributed by atoms with E-state index in [4.69, 9.17) is 0 Å². The second-order valence-corrected chi connectivity index (χ2v) is 9.28. The fraction of sp³-hybridized carbons (Fsp3) is 0.300. The number of nitrogens with one attached hydrogen (secondary N) is 2. The lowest BCUT2D eigenvalue weighted by Crippen LogP contribution is -2.43. The molecule has 30 heavy (non-hydrogen) atoms. The molecule has 1 aromatic carbocycles. The Labute approximate surface area is 173 Å². The molecule has 3 amide bonds. The first-order valence-electron chi connectivity index (χ1n) is 9.50. The molecule has 4 rings (SSSR count). The van der Waals surface area contributed by atoms with E-state index in [0.717, 1.165) is 5.69 Å². The predicted molar refractivity (Wildman–Crippen MR) is 107 cm³/mol. The standard InChI is InChI=1S/C20H20N4O5S/c1-12-4-2-6-17(21-12)22-18(25)13-5-3-9-24(11-13)30(28,29)14-7-8-15-16(10-14)20(27)23-19(15)26/h2,4,6-8,10,13H,3,5,9,11H2,1H3,(H,21,22,25)(H,23,26,27). The minimum absolute atomic E-state index is 0.0300. The van der Waals surface area contributed by atoms with E-state index in [2.05, 4.69) is 15.6 Å². The van der Waals surface area contributed by atoms with Gasteiger partial charge < -0.3 is 5.32 Å². The molecule has 1 saturated heterocycles. The molecule has 0 saturated carbocycles. The number of fused-ring (bicyclic) bond motifs is 1. The van der Waals surface area contributed by atoms with Crippen LogP contribution < -0.4 is 10.6 Å². The molecule has 1 fully saturated rings. The van der Waals surface area contributed by atoms with Crippen molar-refractivity contribution in [3.8, 4) is 0 Å². The maximum Gasteiger partial charge on any atom is 0.258 e. The molecule has 0 spiro atoms. The predicted octanol–water partition coefficient (Wildman–Crippen LogP) is 1.31. The number of pyridine rings is 1. The molecule has 2 aliphatic rings. The van der Waals surface area contributed by atoms with Gasteiger partial charge in [-0.15, -0.1) is 0 Å². The molecule has 0 bridgehead atoms. The third-order valence-electron chi connectivity index (χ3n) is 5.24.